The molecule has 0 bridgehead atoms. The van der Waals surface area contributed by atoms with Gasteiger partial charge in [-0.1, -0.05) is 17.7 Å². The Labute approximate surface area is 136 Å². The summed E-state index contributed by atoms with van der Waals surface area (Å²) in [5, 5.41) is 6.02. The fraction of sp³-hybridized carbons (Fsp3) is 0.389. The second kappa shape index (κ2) is 5.99. The molecule has 0 fully saturated rings. The van der Waals surface area contributed by atoms with Crippen LogP contribution in [0.5, 0.6) is 0 Å². The lowest BCUT2D eigenvalue weighted by molar-refractivity contribution is 0.0931. The molecule has 0 radical (unpaired) electrons. The molecule has 120 valence electrons. The molecule has 1 aromatic heterocycles. The quantitative estimate of drug-likeness (QED) is 0.915. The molecule has 5 heteroatoms. The van der Waals surface area contributed by atoms with E-state index in [0.29, 0.717) is 11.6 Å². The van der Waals surface area contributed by atoms with Crippen LogP contribution in [0.4, 0.5) is 5.95 Å². The highest BCUT2D eigenvalue weighted by atomic mass is 16.1. The standard InChI is InChI=1S/C18H22N4O/c1-10-7-11(2)16-13(8-10)5-6-14(16)21-17(23)15-9-12(3)20-18(19-4)22-15/h7-9,14H,5-6H2,1-4H3,(H,21,23)(H,19,20,22). The van der Waals surface area contributed by atoms with E-state index in [4.69, 9.17) is 0 Å². The van der Waals surface area contributed by atoms with Crippen LogP contribution in [-0.4, -0.2) is 22.9 Å². The highest BCUT2D eigenvalue weighted by molar-refractivity contribution is 5.93. The minimum atomic E-state index is -0.148. The van der Waals surface area contributed by atoms with Crippen LogP contribution in [0.2, 0.25) is 0 Å². The van der Waals surface area contributed by atoms with E-state index in [9.17, 15) is 4.79 Å². The Balaban J connectivity index is 1.85. The number of anilines is 1. The highest BCUT2D eigenvalue weighted by Crippen LogP contribution is 2.34. The van der Waals surface area contributed by atoms with E-state index in [1.165, 1.54) is 22.3 Å². The summed E-state index contributed by atoms with van der Waals surface area (Å²) in [5.74, 6) is 0.318. The molecule has 2 aromatic rings. The van der Waals surface area contributed by atoms with Gasteiger partial charge in [0, 0.05) is 12.7 Å². The van der Waals surface area contributed by atoms with Crippen LogP contribution in [0.3, 0.4) is 0 Å². The molecular formula is C18H22N4O. The van der Waals surface area contributed by atoms with Crippen LogP contribution < -0.4 is 10.6 Å². The van der Waals surface area contributed by atoms with E-state index in [0.717, 1.165) is 18.5 Å². The fourth-order valence-corrected chi connectivity index (χ4v) is 3.39. The number of rotatable bonds is 3. The van der Waals surface area contributed by atoms with Crippen molar-refractivity contribution in [3.05, 3.63) is 51.8 Å². The smallest absolute Gasteiger partial charge is 0.270 e. The predicted molar refractivity (Wildman–Crippen MR) is 90.8 cm³/mol. The van der Waals surface area contributed by atoms with Crippen LogP contribution in [0, 0.1) is 20.8 Å². The summed E-state index contributed by atoms with van der Waals surface area (Å²) in [4.78, 5) is 21.1. The predicted octanol–water partition coefficient (Wildman–Crippen LogP) is 2.86. The van der Waals surface area contributed by atoms with Crippen molar-refractivity contribution in [2.75, 3.05) is 12.4 Å². The van der Waals surface area contributed by atoms with Crippen LogP contribution >= 0.6 is 0 Å². The van der Waals surface area contributed by atoms with Gasteiger partial charge in [0.1, 0.15) is 5.69 Å². The Bertz CT molecular complexity index is 770. The van der Waals surface area contributed by atoms with Crippen molar-refractivity contribution in [3.63, 3.8) is 0 Å². The summed E-state index contributed by atoms with van der Waals surface area (Å²) < 4.78 is 0. The first-order chi connectivity index (χ1) is 11.0. The first-order valence-corrected chi connectivity index (χ1v) is 7.92. The van der Waals surface area contributed by atoms with Gasteiger partial charge >= 0.3 is 0 Å². The van der Waals surface area contributed by atoms with Gasteiger partial charge in [0.25, 0.3) is 5.91 Å². The second-order valence-electron chi connectivity index (χ2n) is 6.19. The van der Waals surface area contributed by atoms with Gasteiger partial charge in [0.05, 0.1) is 6.04 Å². The normalized spacial score (nSPS) is 16.1. The number of aromatic nitrogens is 2. The van der Waals surface area contributed by atoms with Gasteiger partial charge in [-0.2, -0.15) is 0 Å². The van der Waals surface area contributed by atoms with Gasteiger partial charge < -0.3 is 10.6 Å². The molecule has 0 spiro atoms. The molecule has 2 N–H and O–H groups in total. The molecule has 1 aromatic carbocycles. The van der Waals surface area contributed by atoms with Gasteiger partial charge in [-0.05, 0) is 56.4 Å². The van der Waals surface area contributed by atoms with Crippen molar-refractivity contribution in [3.8, 4) is 0 Å². The van der Waals surface area contributed by atoms with Gasteiger partial charge in [0.15, 0.2) is 0 Å². The number of hydrogen-bond donors (Lipinski definition) is 2. The maximum absolute atomic E-state index is 12.6. The van der Waals surface area contributed by atoms with Gasteiger partial charge in [-0.3, -0.25) is 4.79 Å². The topological polar surface area (TPSA) is 66.9 Å². The van der Waals surface area contributed by atoms with E-state index >= 15 is 0 Å². The maximum atomic E-state index is 12.6. The van der Waals surface area contributed by atoms with Crippen LogP contribution in [-0.2, 0) is 6.42 Å². The number of amides is 1. The molecule has 1 aliphatic carbocycles. The molecule has 5 nitrogen and oxygen atoms in total. The molecule has 0 saturated carbocycles. The Kier molecular flexibility index (Phi) is 4.03. The molecule has 1 unspecified atom stereocenters. The van der Waals surface area contributed by atoms with E-state index in [1.54, 1.807) is 13.1 Å². The molecule has 3 rings (SSSR count). The van der Waals surface area contributed by atoms with Crippen LogP contribution in [0.25, 0.3) is 0 Å². The van der Waals surface area contributed by atoms with Gasteiger partial charge in [0.2, 0.25) is 5.95 Å². The van der Waals surface area contributed by atoms with E-state index < -0.39 is 0 Å². The maximum Gasteiger partial charge on any atom is 0.270 e. The first kappa shape index (κ1) is 15.5. The van der Waals surface area contributed by atoms with Gasteiger partial charge in [-0.15, -0.1) is 0 Å². The summed E-state index contributed by atoms with van der Waals surface area (Å²) >= 11 is 0. The molecule has 1 heterocycles. The number of aryl methyl sites for hydroxylation is 4. The number of carbonyl (C=O) groups is 1. The van der Waals surface area contributed by atoms with Crippen molar-refractivity contribution in [2.24, 2.45) is 0 Å². The number of nitrogens with one attached hydrogen (secondary N) is 2. The first-order valence-electron chi connectivity index (χ1n) is 7.92. The summed E-state index contributed by atoms with van der Waals surface area (Å²) in [5.41, 5.74) is 6.32. The third-order valence-corrected chi connectivity index (χ3v) is 4.28. The molecule has 0 saturated heterocycles. The second-order valence-corrected chi connectivity index (χ2v) is 6.19. The number of nitrogens with zero attached hydrogens (tertiary/aromatic N) is 2. The van der Waals surface area contributed by atoms with Crippen LogP contribution in [0.15, 0.2) is 18.2 Å². The highest BCUT2D eigenvalue weighted by Gasteiger charge is 2.26. The zero-order valence-electron chi connectivity index (χ0n) is 14.0. The fourth-order valence-electron chi connectivity index (χ4n) is 3.39. The Morgan fingerprint density at radius 2 is 1.96 bits per heavy atom. The lowest BCUT2D eigenvalue weighted by Gasteiger charge is -2.17. The molecule has 1 amide bonds. The average Bonchev–Trinajstić information content (AvgIpc) is 2.89. The summed E-state index contributed by atoms with van der Waals surface area (Å²) in [7, 11) is 1.75. The van der Waals surface area contributed by atoms with Crippen LogP contribution in [0.1, 0.15) is 50.9 Å². The molecule has 0 aliphatic heterocycles. The van der Waals surface area contributed by atoms with Crippen molar-refractivity contribution in [2.45, 2.75) is 39.7 Å². The molecular weight excluding hydrogens is 288 g/mol. The zero-order chi connectivity index (χ0) is 16.6. The van der Waals surface area contributed by atoms with E-state index in [1.807, 2.05) is 6.92 Å². The monoisotopic (exact) mass is 310 g/mol. The Morgan fingerprint density at radius 3 is 2.70 bits per heavy atom. The zero-order valence-corrected chi connectivity index (χ0v) is 14.0. The number of carbonyl (C=O) groups excluding carboxylic acids is 1. The largest absolute Gasteiger partial charge is 0.357 e. The van der Waals surface area contributed by atoms with Gasteiger partial charge in [-0.25, -0.2) is 9.97 Å². The minimum Gasteiger partial charge on any atom is -0.357 e. The summed E-state index contributed by atoms with van der Waals surface area (Å²) in [6, 6.07) is 6.18. The lowest BCUT2D eigenvalue weighted by atomic mass is 9.99. The van der Waals surface area contributed by atoms with E-state index in [2.05, 4.69) is 46.6 Å². The minimum absolute atomic E-state index is 0.0615. The molecule has 1 atom stereocenters. The summed E-state index contributed by atoms with van der Waals surface area (Å²) in [6.45, 7) is 6.09. The Hall–Kier alpha value is -2.43. The number of hydrogen-bond acceptors (Lipinski definition) is 4. The molecule has 23 heavy (non-hydrogen) atoms. The number of benzene rings is 1. The van der Waals surface area contributed by atoms with Crippen molar-refractivity contribution >= 4 is 11.9 Å². The van der Waals surface area contributed by atoms with Crippen molar-refractivity contribution in [1.82, 2.24) is 15.3 Å². The van der Waals surface area contributed by atoms with E-state index in [-0.39, 0.29) is 11.9 Å². The average molecular weight is 310 g/mol. The van der Waals surface area contributed by atoms with Crippen molar-refractivity contribution in [1.29, 1.82) is 0 Å². The SMILES string of the molecule is CNc1nc(C)cc(C(=O)NC2CCc3cc(C)cc(C)c32)n1. The third kappa shape index (κ3) is 3.04. The molecule has 1 aliphatic rings. The van der Waals surface area contributed by atoms with Crippen molar-refractivity contribution < 1.29 is 4.79 Å². The number of fused-ring (bicyclic) bond motifs is 1. The third-order valence-electron chi connectivity index (χ3n) is 4.28. The lowest BCUT2D eigenvalue weighted by Crippen LogP contribution is -2.28. The summed E-state index contributed by atoms with van der Waals surface area (Å²) in [6.07, 6.45) is 1.95. The Morgan fingerprint density at radius 1 is 1.17 bits per heavy atom.